The zero-order valence-electron chi connectivity index (χ0n) is 12.8. The molecule has 0 aliphatic carbocycles. The molecule has 3 aromatic carbocycles. The average molecular weight is 339 g/mol. The maximum Gasteiger partial charge on any atom is 0.343 e. The predicted octanol–water partition coefficient (Wildman–Crippen LogP) is 5.14. The molecule has 4 heteroatoms. The molecule has 0 aliphatic rings. The Morgan fingerprint density at radius 1 is 0.792 bits per heavy atom. The number of halogens is 1. The maximum atomic E-state index is 12.1. The maximum absolute atomic E-state index is 12.1. The minimum Gasteiger partial charge on any atom is -0.489 e. The van der Waals surface area contributed by atoms with E-state index in [1.54, 1.807) is 36.4 Å². The summed E-state index contributed by atoms with van der Waals surface area (Å²) in [6.45, 7) is 0.412. The fourth-order valence-electron chi connectivity index (χ4n) is 2.09. The van der Waals surface area contributed by atoms with Crippen LogP contribution in [0, 0.1) is 0 Å². The van der Waals surface area contributed by atoms with Gasteiger partial charge in [-0.15, -0.1) is 0 Å². The van der Waals surface area contributed by atoms with Crippen molar-refractivity contribution in [3.8, 4) is 11.5 Å². The topological polar surface area (TPSA) is 35.5 Å². The highest BCUT2D eigenvalue weighted by Gasteiger charge is 2.08. The van der Waals surface area contributed by atoms with Crippen LogP contribution in [0.25, 0.3) is 0 Å². The van der Waals surface area contributed by atoms with Gasteiger partial charge in [0.15, 0.2) is 0 Å². The van der Waals surface area contributed by atoms with Crippen molar-refractivity contribution in [3.05, 3.63) is 95.0 Å². The molecule has 0 bridgehead atoms. The lowest BCUT2D eigenvalue weighted by Crippen LogP contribution is -2.08. The number of rotatable bonds is 5. The van der Waals surface area contributed by atoms with E-state index in [0.29, 0.717) is 22.9 Å². The van der Waals surface area contributed by atoms with E-state index in [1.165, 1.54) is 0 Å². The Bertz CT molecular complexity index is 797. The van der Waals surface area contributed by atoms with Gasteiger partial charge in [0.2, 0.25) is 0 Å². The van der Waals surface area contributed by atoms with Crippen molar-refractivity contribution in [2.75, 3.05) is 0 Å². The largest absolute Gasteiger partial charge is 0.489 e. The van der Waals surface area contributed by atoms with Gasteiger partial charge in [0.1, 0.15) is 18.1 Å². The molecule has 0 heterocycles. The van der Waals surface area contributed by atoms with Crippen LogP contribution in [0.2, 0.25) is 5.02 Å². The van der Waals surface area contributed by atoms with E-state index in [4.69, 9.17) is 21.1 Å². The van der Waals surface area contributed by atoms with Crippen molar-refractivity contribution >= 4 is 17.6 Å². The lowest BCUT2D eigenvalue weighted by atomic mass is 10.1. The summed E-state index contributed by atoms with van der Waals surface area (Å²) in [6.07, 6.45) is 0. The molecule has 24 heavy (non-hydrogen) atoms. The zero-order chi connectivity index (χ0) is 16.8. The first-order valence-electron chi connectivity index (χ1n) is 7.45. The Labute approximate surface area is 145 Å². The highest BCUT2D eigenvalue weighted by molar-refractivity contribution is 6.30. The van der Waals surface area contributed by atoms with Crippen LogP contribution in [-0.4, -0.2) is 5.97 Å². The monoisotopic (exact) mass is 338 g/mol. The molecule has 0 radical (unpaired) electrons. The summed E-state index contributed by atoms with van der Waals surface area (Å²) in [7, 11) is 0. The average Bonchev–Trinajstić information content (AvgIpc) is 2.62. The van der Waals surface area contributed by atoms with Crippen molar-refractivity contribution < 1.29 is 14.3 Å². The van der Waals surface area contributed by atoms with Gasteiger partial charge in [-0.1, -0.05) is 41.9 Å². The Balaban J connectivity index is 1.58. The van der Waals surface area contributed by atoms with Crippen molar-refractivity contribution in [2.24, 2.45) is 0 Å². The molecule has 0 atom stereocenters. The van der Waals surface area contributed by atoms with Gasteiger partial charge < -0.3 is 9.47 Å². The van der Waals surface area contributed by atoms with E-state index in [0.717, 1.165) is 11.3 Å². The molecule has 0 fully saturated rings. The van der Waals surface area contributed by atoms with Gasteiger partial charge in [-0.2, -0.15) is 0 Å². The molecular weight excluding hydrogens is 324 g/mol. The SMILES string of the molecule is O=C(Oc1ccccc1)c1ccc(COc2ccc(Cl)cc2)cc1. The van der Waals surface area contributed by atoms with Gasteiger partial charge in [-0.05, 0) is 54.1 Å². The lowest BCUT2D eigenvalue weighted by Gasteiger charge is -2.07. The molecule has 0 N–H and O–H groups in total. The third kappa shape index (κ3) is 4.37. The van der Waals surface area contributed by atoms with Gasteiger partial charge in [0, 0.05) is 5.02 Å². The molecule has 0 saturated heterocycles. The molecule has 3 nitrogen and oxygen atoms in total. The van der Waals surface area contributed by atoms with Crippen LogP contribution in [0.15, 0.2) is 78.9 Å². The molecular formula is C20H15ClO3. The predicted molar refractivity (Wildman–Crippen MR) is 93.6 cm³/mol. The minimum absolute atomic E-state index is 0.383. The van der Waals surface area contributed by atoms with Crippen molar-refractivity contribution in [1.82, 2.24) is 0 Å². The molecule has 120 valence electrons. The fraction of sp³-hybridized carbons (Fsp3) is 0.0500. The molecule has 0 saturated carbocycles. The first-order chi connectivity index (χ1) is 11.7. The van der Waals surface area contributed by atoms with Crippen LogP contribution in [-0.2, 0) is 6.61 Å². The number of hydrogen-bond acceptors (Lipinski definition) is 3. The van der Waals surface area contributed by atoms with Gasteiger partial charge >= 0.3 is 5.97 Å². The second-order valence-electron chi connectivity index (χ2n) is 5.14. The number of hydrogen-bond donors (Lipinski definition) is 0. The van der Waals surface area contributed by atoms with Crippen molar-refractivity contribution in [1.29, 1.82) is 0 Å². The van der Waals surface area contributed by atoms with Crippen LogP contribution < -0.4 is 9.47 Å². The van der Waals surface area contributed by atoms with Gasteiger partial charge in [0.25, 0.3) is 0 Å². The lowest BCUT2D eigenvalue weighted by molar-refractivity contribution is 0.0734. The van der Waals surface area contributed by atoms with Crippen LogP contribution in [0.5, 0.6) is 11.5 Å². The summed E-state index contributed by atoms with van der Waals surface area (Å²) >= 11 is 5.83. The van der Waals surface area contributed by atoms with Crippen LogP contribution >= 0.6 is 11.6 Å². The first kappa shape index (κ1) is 16.1. The number of ether oxygens (including phenoxy) is 2. The second-order valence-corrected chi connectivity index (χ2v) is 5.58. The summed E-state index contributed by atoms with van der Waals surface area (Å²) in [6, 6.07) is 23.3. The highest BCUT2D eigenvalue weighted by Crippen LogP contribution is 2.17. The molecule has 0 spiro atoms. The number of carbonyl (C=O) groups is 1. The van der Waals surface area contributed by atoms with Gasteiger partial charge in [0.05, 0.1) is 5.56 Å². The fourth-order valence-corrected chi connectivity index (χ4v) is 2.22. The molecule has 0 aromatic heterocycles. The molecule has 0 aliphatic heterocycles. The number of esters is 1. The molecule has 0 unspecified atom stereocenters. The second kappa shape index (κ2) is 7.66. The van der Waals surface area contributed by atoms with Crippen LogP contribution in [0.3, 0.4) is 0 Å². The summed E-state index contributed by atoms with van der Waals surface area (Å²) in [5.41, 5.74) is 1.45. The summed E-state index contributed by atoms with van der Waals surface area (Å²) in [4.78, 5) is 12.1. The number of para-hydroxylation sites is 1. The van der Waals surface area contributed by atoms with Gasteiger partial charge in [-0.25, -0.2) is 4.79 Å². The van der Waals surface area contributed by atoms with Crippen LogP contribution in [0.1, 0.15) is 15.9 Å². The normalized spacial score (nSPS) is 10.2. The molecule has 3 aromatic rings. The summed E-state index contributed by atoms with van der Waals surface area (Å²) < 4.78 is 11.0. The Morgan fingerprint density at radius 2 is 1.46 bits per heavy atom. The Kier molecular flexibility index (Phi) is 5.14. The van der Waals surface area contributed by atoms with E-state index in [1.807, 2.05) is 42.5 Å². The number of benzene rings is 3. The minimum atomic E-state index is -0.383. The molecule has 0 amide bonds. The highest BCUT2D eigenvalue weighted by atomic mass is 35.5. The Morgan fingerprint density at radius 3 is 2.12 bits per heavy atom. The van der Waals surface area contributed by atoms with E-state index < -0.39 is 0 Å². The molecule has 3 rings (SSSR count). The Hall–Kier alpha value is -2.78. The van der Waals surface area contributed by atoms with E-state index in [9.17, 15) is 4.79 Å². The van der Waals surface area contributed by atoms with E-state index in [-0.39, 0.29) is 5.97 Å². The van der Waals surface area contributed by atoms with Gasteiger partial charge in [-0.3, -0.25) is 0 Å². The number of carbonyl (C=O) groups excluding carboxylic acids is 1. The first-order valence-corrected chi connectivity index (χ1v) is 7.83. The standard InChI is InChI=1S/C20H15ClO3/c21-17-10-12-18(13-11-17)23-14-15-6-8-16(9-7-15)20(22)24-19-4-2-1-3-5-19/h1-13H,14H2. The smallest absolute Gasteiger partial charge is 0.343 e. The van der Waals surface area contributed by atoms with Crippen LogP contribution in [0.4, 0.5) is 0 Å². The third-order valence-corrected chi connectivity index (χ3v) is 3.61. The zero-order valence-corrected chi connectivity index (χ0v) is 13.6. The summed E-state index contributed by atoms with van der Waals surface area (Å²) in [5.74, 6) is 0.885. The quantitative estimate of drug-likeness (QED) is 0.477. The van der Waals surface area contributed by atoms with Crippen molar-refractivity contribution in [3.63, 3.8) is 0 Å². The summed E-state index contributed by atoms with van der Waals surface area (Å²) in [5, 5.41) is 0.670. The third-order valence-electron chi connectivity index (χ3n) is 3.36. The van der Waals surface area contributed by atoms with E-state index >= 15 is 0 Å². The van der Waals surface area contributed by atoms with Crippen molar-refractivity contribution in [2.45, 2.75) is 6.61 Å². The van der Waals surface area contributed by atoms with E-state index in [2.05, 4.69) is 0 Å².